The zero-order valence-electron chi connectivity index (χ0n) is 13.7. The Balaban J connectivity index is 1.50. The molecule has 2 aromatic carbocycles. The minimum absolute atomic E-state index is 0.0380. The summed E-state index contributed by atoms with van der Waals surface area (Å²) in [6.07, 6.45) is 7.86. The molecule has 0 saturated heterocycles. The Morgan fingerprint density at radius 1 is 1.04 bits per heavy atom. The molecule has 0 fully saturated rings. The van der Waals surface area contributed by atoms with E-state index >= 15 is 0 Å². The van der Waals surface area contributed by atoms with E-state index in [1.165, 1.54) is 30.5 Å². The van der Waals surface area contributed by atoms with Gasteiger partial charge in [-0.3, -0.25) is 9.48 Å². The van der Waals surface area contributed by atoms with Crippen LogP contribution in [0.15, 0.2) is 48.7 Å². The lowest BCUT2D eigenvalue weighted by Crippen LogP contribution is -2.19. The van der Waals surface area contributed by atoms with Crippen LogP contribution in [0, 0.1) is 0 Å². The normalized spacial score (nSPS) is 14.2. The number of aromatic nitrogens is 2. The standard InChI is InChI=1S/C20H21N3O/c24-20(14-23-13-16-8-2-1-3-11-18(16)22-23)21-19-12-6-9-15-7-4-5-10-17(15)19/h4-7,9-10,12-13H,1-3,8,11,14H2,(H,21,24). The summed E-state index contributed by atoms with van der Waals surface area (Å²) in [4.78, 5) is 12.4. The number of nitrogens with one attached hydrogen (secondary N) is 1. The van der Waals surface area contributed by atoms with E-state index in [-0.39, 0.29) is 12.5 Å². The number of fused-ring (bicyclic) bond motifs is 2. The molecule has 1 aliphatic rings. The van der Waals surface area contributed by atoms with Gasteiger partial charge in [-0.25, -0.2) is 0 Å². The monoisotopic (exact) mass is 319 g/mol. The lowest BCUT2D eigenvalue weighted by Gasteiger charge is -2.09. The number of amides is 1. The number of hydrogen-bond donors (Lipinski definition) is 1. The van der Waals surface area contributed by atoms with Gasteiger partial charge in [-0.2, -0.15) is 5.10 Å². The first-order chi connectivity index (χ1) is 11.8. The molecule has 1 aromatic heterocycles. The van der Waals surface area contributed by atoms with Crippen LogP contribution >= 0.6 is 0 Å². The highest BCUT2D eigenvalue weighted by Crippen LogP contribution is 2.23. The molecule has 0 spiro atoms. The molecule has 4 nitrogen and oxygen atoms in total. The van der Waals surface area contributed by atoms with Crippen molar-refractivity contribution < 1.29 is 4.79 Å². The second-order valence-corrected chi connectivity index (χ2v) is 6.43. The van der Waals surface area contributed by atoms with Gasteiger partial charge in [-0.1, -0.05) is 42.8 Å². The van der Waals surface area contributed by atoms with Gasteiger partial charge in [0.1, 0.15) is 6.54 Å². The number of hydrogen-bond acceptors (Lipinski definition) is 2. The Hall–Kier alpha value is -2.62. The van der Waals surface area contributed by atoms with Crippen molar-refractivity contribution in [3.8, 4) is 0 Å². The summed E-state index contributed by atoms with van der Waals surface area (Å²) < 4.78 is 1.79. The molecule has 24 heavy (non-hydrogen) atoms. The number of nitrogens with zero attached hydrogens (tertiary/aromatic N) is 2. The minimum Gasteiger partial charge on any atom is -0.324 e. The van der Waals surface area contributed by atoms with Crippen molar-refractivity contribution in [1.29, 1.82) is 0 Å². The number of aryl methyl sites for hydroxylation is 2. The van der Waals surface area contributed by atoms with Gasteiger partial charge < -0.3 is 5.32 Å². The Labute approximate surface area is 141 Å². The molecule has 4 rings (SSSR count). The molecule has 1 N–H and O–H groups in total. The van der Waals surface area contributed by atoms with Gasteiger partial charge in [0, 0.05) is 17.3 Å². The summed E-state index contributed by atoms with van der Waals surface area (Å²) >= 11 is 0. The molecule has 0 atom stereocenters. The zero-order chi connectivity index (χ0) is 16.4. The van der Waals surface area contributed by atoms with Crippen LogP contribution < -0.4 is 5.32 Å². The van der Waals surface area contributed by atoms with Gasteiger partial charge >= 0.3 is 0 Å². The van der Waals surface area contributed by atoms with Crippen molar-refractivity contribution in [3.05, 3.63) is 59.9 Å². The van der Waals surface area contributed by atoms with E-state index in [9.17, 15) is 4.79 Å². The minimum atomic E-state index is -0.0380. The van der Waals surface area contributed by atoms with E-state index in [2.05, 4.69) is 22.5 Å². The molecule has 0 radical (unpaired) electrons. The van der Waals surface area contributed by atoms with Gasteiger partial charge in [0.05, 0.1) is 5.69 Å². The molecule has 1 amide bonds. The van der Waals surface area contributed by atoms with Crippen molar-refractivity contribution in [2.24, 2.45) is 0 Å². The maximum atomic E-state index is 12.4. The van der Waals surface area contributed by atoms with Gasteiger partial charge in [-0.05, 0) is 42.7 Å². The summed E-state index contributed by atoms with van der Waals surface area (Å²) in [6.45, 7) is 0.260. The van der Waals surface area contributed by atoms with Crippen molar-refractivity contribution >= 4 is 22.4 Å². The lowest BCUT2D eigenvalue weighted by molar-refractivity contribution is -0.116. The molecular formula is C20H21N3O. The molecule has 0 unspecified atom stereocenters. The maximum Gasteiger partial charge on any atom is 0.246 e. The predicted molar refractivity (Wildman–Crippen MR) is 96.1 cm³/mol. The summed E-state index contributed by atoms with van der Waals surface area (Å²) in [7, 11) is 0. The van der Waals surface area contributed by atoms with Crippen LogP contribution in [0.2, 0.25) is 0 Å². The number of carbonyl (C=O) groups excluding carboxylic acids is 1. The summed E-state index contributed by atoms with van der Waals surface area (Å²) in [6, 6.07) is 14.0. The fraction of sp³-hybridized carbons (Fsp3) is 0.300. The van der Waals surface area contributed by atoms with Gasteiger partial charge in [0.15, 0.2) is 0 Å². The van der Waals surface area contributed by atoms with E-state index in [0.717, 1.165) is 29.3 Å². The average molecular weight is 319 g/mol. The highest BCUT2D eigenvalue weighted by Gasteiger charge is 2.14. The van der Waals surface area contributed by atoms with Crippen LogP contribution in [0.4, 0.5) is 5.69 Å². The van der Waals surface area contributed by atoms with E-state index in [4.69, 9.17) is 0 Å². The van der Waals surface area contributed by atoms with Crippen molar-refractivity contribution in [3.63, 3.8) is 0 Å². The average Bonchev–Trinajstić information content (AvgIpc) is 2.83. The summed E-state index contributed by atoms with van der Waals surface area (Å²) in [5, 5.41) is 9.82. The van der Waals surface area contributed by atoms with E-state index < -0.39 is 0 Å². The van der Waals surface area contributed by atoms with Crippen LogP contribution in [0.3, 0.4) is 0 Å². The molecule has 3 aromatic rings. The molecule has 122 valence electrons. The largest absolute Gasteiger partial charge is 0.324 e. The third kappa shape index (κ3) is 3.04. The van der Waals surface area contributed by atoms with Gasteiger partial charge in [0.2, 0.25) is 5.91 Å². The highest BCUT2D eigenvalue weighted by molar-refractivity contribution is 6.01. The summed E-state index contributed by atoms with van der Waals surface area (Å²) in [5.74, 6) is -0.0380. The van der Waals surface area contributed by atoms with Crippen LogP contribution in [0.1, 0.15) is 30.5 Å². The Morgan fingerprint density at radius 3 is 2.83 bits per heavy atom. The molecule has 4 heteroatoms. The van der Waals surface area contributed by atoms with Crippen LogP contribution in [0.25, 0.3) is 10.8 Å². The van der Waals surface area contributed by atoms with Crippen molar-refractivity contribution in [2.45, 2.75) is 38.6 Å². The molecule has 1 aliphatic carbocycles. The van der Waals surface area contributed by atoms with Crippen LogP contribution in [0.5, 0.6) is 0 Å². The molecule has 1 heterocycles. The third-order valence-electron chi connectivity index (χ3n) is 4.65. The van der Waals surface area contributed by atoms with Crippen molar-refractivity contribution in [1.82, 2.24) is 9.78 Å². The quantitative estimate of drug-likeness (QED) is 0.743. The maximum absolute atomic E-state index is 12.4. The fourth-order valence-corrected chi connectivity index (χ4v) is 3.46. The Morgan fingerprint density at radius 2 is 1.88 bits per heavy atom. The zero-order valence-corrected chi connectivity index (χ0v) is 13.7. The van der Waals surface area contributed by atoms with E-state index in [0.29, 0.717) is 0 Å². The van der Waals surface area contributed by atoms with Gasteiger partial charge in [0.25, 0.3) is 0 Å². The predicted octanol–water partition coefficient (Wildman–Crippen LogP) is 3.94. The SMILES string of the molecule is O=C(Cn1cc2c(n1)CCCCC2)Nc1cccc2ccccc12. The first kappa shape index (κ1) is 14.9. The van der Waals surface area contributed by atoms with Crippen LogP contribution in [-0.4, -0.2) is 15.7 Å². The molecular weight excluding hydrogens is 298 g/mol. The topological polar surface area (TPSA) is 46.9 Å². The molecule has 0 bridgehead atoms. The van der Waals surface area contributed by atoms with Crippen molar-refractivity contribution in [2.75, 3.05) is 5.32 Å². The second kappa shape index (κ2) is 6.48. The fourth-order valence-electron chi connectivity index (χ4n) is 3.46. The lowest BCUT2D eigenvalue weighted by atomic mass is 10.1. The number of carbonyl (C=O) groups is 1. The Bertz CT molecular complexity index is 853. The molecule has 0 aliphatic heterocycles. The summed E-state index contributed by atoms with van der Waals surface area (Å²) in [5.41, 5.74) is 3.34. The van der Waals surface area contributed by atoms with Gasteiger partial charge in [-0.15, -0.1) is 0 Å². The Kier molecular flexibility index (Phi) is 4.03. The second-order valence-electron chi connectivity index (χ2n) is 6.43. The number of rotatable bonds is 3. The number of benzene rings is 2. The van der Waals surface area contributed by atoms with E-state index in [1.807, 2.05) is 36.5 Å². The molecule has 0 saturated carbocycles. The third-order valence-corrected chi connectivity index (χ3v) is 4.65. The number of anilines is 1. The smallest absolute Gasteiger partial charge is 0.246 e. The highest BCUT2D eigenvalue weighted by atomic mass is 16.2. The first-order valence-electron chi connectivity index (χ1n) is 8.62. The van der Waals surface area contributed by atoms with E-state index in [1.54, 1.807) is 4.68 Å². The first-order valence-corrected chi connectivity index (χ1v) is 8.62. The van der Waals surface area contributed by atoms with Crippen LogP contribution in [-0.2, 0) is 24.2 Å².